The van der Waals surface area contributed by atoms with Crippen LogP contribution in [0.1, 0.15) is 24.8 Å². The number of fused-ring (bicyclic) bond motifs is 1. The summed E-state index contributed by atoms with van der Waals surface area (Å²) >= 11 is 0. The number of rotatable bonds is 6. The van der Waals surface area contributed by atoms with Gasteiger partial charge in [-0.25, -0.2) is 0 Å². The molecule has 0 unspecified atom stereocenters. The second-order valence-electron chi connectivity index (χ2n) is 5.00. The summed E-state index contributed by atoms with van der Waals surface area (Å²) in [7, 11) is 1.65. The van der Waals surface area contributed by atoms with Gasteiger partial charge in [0, 0.05) is 0 Å². The molecule has 0 aliphatic rings. The molecular weight excluding hydrogens is 266 g/mol. The highest BCUT2D eigenvalue weighted by Crippen LogP contribution is 2.25. The number of benzene rings is 2. The second-order valence-corrected chi connectivity index (χ2v) is 5.00. The van der Waals surface area contributed by atoms with Gasteiger partial charge in [0.25, 0.3) is 0 Å². The topological polar surface area (TPSA) is 61.5 Å². The molecule has 0 aliphatic carbocycles. The van der Waals surface area contributed by atoms with Gasteiger partial charge in [-0.1, -0.05) is 24.3 Å². The second kappa shape index (κ2) is 7.09. The number of carbonyl (C=O) groups excluding carboxylic acids is 1. The number of ether oxygens (including phenoxy) is 2. The number of nitrogens with two attached hydrogens (primary N) is 1. The van der Waals surface area contributed by atoms with E-state index in [1.54, 1.807) is 7.11 Å². The van der Waals surface area contributed by atoms with Gasteiger partial charge in [-0.05, 0) is 48.4 Å². The lowest BCUT2D eigenvalue weighted by Crippen LogP contribution is -2.15. The smallest absolute Gasteiger partial charge is 0.313 e. The SMILES string of the molecule is COc1ccc2cc([C@H](C)C(=O)OCCCN)ccc2c1. The van der Waals surface area contributed by atoms with Crippen LogP contribution in [0, 0.1) is 0 Å². The van der Waals surface area contributed by atoms with Gasteiger partial charge in [-0.2, -0.15) is 0 Å². The van der Waals surface area contributed by atoms with Gasteiger partial charge < -0.3 is 15.2 Å². The van der Waals surface area contributed by atoms with Gasteiger partial charge in [-0.3, -0.25) is 4.79 Å². The average molecular weight is 287 g/mol. The van der Waals surface area contributed by atoms with Crippen LogP contribution in [0.2, 0.25) is 0 Å². The third-order valence-corrected chi connectivity index (χ3v) is 3.52. The molecule has 2 aromatic rings. The van der Waals surface area contributed by atoms with Gasteiger partial charge >= 0.3 is 5.97 Å². The van der Waals surface area contributed by atoms with E-state index in [1.807, 2.05) is 43.3 Å². The maximum absolute atomic E-state index is 12.0. The van der Waals surface area contributed by atoms with Crippen molar-refractivity contribution in [3.8, 4) is 5.75 Å². The summed E-state index contributed by atoms with van der Waals surface area (Å²) in [5, 5.41) is 2.16. The first kappa shape index (κ1) is 15.3. The molecule has 1 atom stereocenters. The van der Waals surface area contributed by atoms with Crippen molar-refractivity contribution in [3.63, 3.8) is 0 Å². The van der Waals surface area contributed by atoms with Crippen LogP contribution in [-0.2, 0) is 9.53 Å². The Morgan fingerprint density at radius 3 is 2.62 bits per heavy atom. The van der Waals surface area contributed by atoms with E-state index >= 15 is 0 Å². The van der Waals surface area contributed by atoms with E-state index in [1.165, 1.54) is 0 Å². The first-order valence-electron chi connectivity index (χ1n) is 7.10. The summed E-state index contributed by atoms with van der Waals surface area (Å²) in [6, 6.07) is 11.8. The molecule has 0 saturated heterocycles. The van der Waals surface area contributed by atoms with E-state index in [9.17, 15) is 4.79 Å². The Morgan fingerprint density at radius 2 is 1.90 bits per heavy atom. The molecule has 0 aromatic heterocycles. The van der Waals surface area contributed by atoms with E-state index in [4.69, 9.17) is 15.2 Å². The Bertz CT molecular complexity index is 624. The predicted molar refractivity (Wildman–Crippen MR) is 83.5 cm³/mol. The molecule has 0 radical (unpaired) electrons. The van der Waals surface area contributed by atoms with E-state index in [2.05, 4.69) is 0 Å². The highest BCUT2D eigenvalue weighted by atomic mass is 16.5. The molecule has 0 saturated carbocycles. The maximum atomic E-state index is 12.0. The zero-order valence-corrected chi connectivity index (χ0v) is 12.5. The molecule has 2 aromatic carbocycles. The molecule has 2 N–H and O–H groups in total. The molecule has 0 amide bonds. The molecule has 4 nitrogen and oxygen atoms in total. The first-order chi connectivity index (χ1) is 10.2. The highest BCUT2D eigenvalue weighted by Gasteiger charge is 2.16. The summed E-state index contributed by atoms with van der Waals surface area (Å²) in [6.07, 6.45) is 0.690. The molecule has 112 valence electrons. The number of hydrogen-bond donors (Lipinski definition) is 1. The van der Waals surface area contributed by atoms with Gasteiger partial charge in [0.2, 0.25) is 0 Å². The minimum absolute atomic E-state index is 0.212. The Kier molecular flexibility index (Phi) is 5.17. The average Bonchev–Trinajstić information content (AvgIpc) is 2.53. The minimum Gasteiger partial charge on any atom is -0.497 e. The molecule has 2 rings (SSSR count). The summed E-state index contributed by atoms with van der Waals surface area (Å²) in [6.45, 7) is 2.76. The third kappa shape index (κ3) is 3.73. The van der Waals surface area contributed by atoms with E-state index in [0.717, 1.165) is 22.1 Å². The Labute approximate surface area is 124 Å². The van der Waals surface area contributed by atoms with Crippen molar-refractivity contribution < 1.29 is 14.3 Å². The Hall–Kier alpha value is -2.07. The molecule has 0 heterocycles. The zero-order chi connectivity index (χ0) is 15.2. The lowest BCUT2D eigenvalue weighted by Gasteiger charge is -2.12. The molecule has 4 heteroatoms. The van der Waals surface area contributed by atoms with Gasteiger partial charge in [0.05, 0.1) is 19.6 Å². The lowest BCUT2D eigenvalue weighted by molar-refractivity contribution is -0.145. The number of hydrogen-bond acceptors (Lipinski definition) is 4. The zero-order valence-electron chi connectivity index (χ0n) is 12.5. The van der Waals surface area contributed by atoms with Crippen LogP contribution in [0.5, 0.6) is 5.75 Å². The molecule has 0 fully saturated rings. The van der Waals surface area contributed by atoms with Crippen LogP contribution in [0.3, 0.4) is 0 Å². The molecule has 0 aliphatic heterocycles. The number of carbonyl (C=O) groups is 1. The maximum Gasteiger partial charge on any atom is 0.313 e. The Morgan fingerprint density at radius 1 is 1.19 bits per heavy atom. The predicted octanol–water partition coefficient (Wildman–Crippen LogP) is 2.84. The van der Waals surface area contributed by atoms with Crippen molar-refractivity contribution in [2.45, 2.75) is 19.3 Å². The van der Waals surface area contributed by atoms with Crippen LogP contribution in [0.4, 0.5) is 0 Å². The highest BCUT2D eigenvalue weighted by molar-refractivity contribution is 5.86. The quantitative estimate of drug-likeness (QED) is 0.655. The first-order valence-corrected chi connectivity index (χ1v) is 7.10. The monoisotopic (exact) mass is 287 g/mol. The summed E-state index contributed by atoms with van der Waals surface area (Å²) in [4.78, 5) is 12.0. The van der Waals surface area contributed by atoms with Crippen molar-refractivity contribution in [3.05, 3.63) is 42.0 Å². The van der Waals surface area contributed by atoms with Crippen LogP contribution < -0.4 is 10.5 Å². The van der Waals surface area contributed by atoms with Crippen molar-refractivity contribution in [1.29, 1.82) is 0 Å². The van der Waals surface area contributed by atoms with Crippen molar-refractivity contribution in [2.24, 2.45) is 5.73 Å². The normalized spacial score (nSPS) is 12.1. The van der Waals surface area contributed by atoms with E-state index < -0.39 is 0 Å². The minimum atomic E-state index is -0.283. The van der Waals surface area contributed by atoms with Crippen LogP contribution in [0.15, 0.2) is 36.4 Å². The fourth-order valence-corrected chi connectivity index (χ4v) is 2.16. The lowest BCUT2D eigenvalue weighted by atomic mass is 9.98. The van der Waals surface area contributed by atoms with E-state index in [0.29, 0.717) is 19.6 Å². The largest absolute Gasteiger partial charge is 0.497 e. The van der Waals surface area contributed by atoms with Crippen molar-refractivity contribution >= 4 is 16.7 Å². The fourth-order valence-electron chi connectivity index (χ4n) is 2.16. The standard InChI is InChI=1S/C17H21NO3/c1-12(17(19)21-9-3-8-18)13-4-5-15-11-16(20-2)7-6-14(15)10-13/h4-7,10-12H,3,8-9,18H2,1-2H3/t12-/m0/s1. The molecule has 21 heavy (non-hydrogen) atoms. The van der Waals surface area contributed by atoms with Gasteiger partial charge in [0.15, 0.2) is 0 Å². The van der Waals surface area contributed by atoms with Crippen molar-refractivity contribution in [2.75, 3.05) is 20.3 Å². The number of esters is 1. The van der Waals surface area contributed by atoms with Gasteiger partial charge in [0.1, 0.15) is 5.75 Å². The third-order valence-electron chi connectivity index (χ3n) is 3.52. The molecular formula is C17H21NO3. The molecule has 0 bridgehead atoms. The summed E-state index contributed by atoms with van der Waals surface area (Å²) in [5.74, 6) is 0.329. The fraction of sp³-hybridized carbons (Fsp3) is 0.353. The van der Waals surface area contributed by atoms with Crippen molar-refractivity contribution in [1.82, 2.24) is 0 Å². The van der Waals surface area contributed by atoms with E-state index in [-0.39, 0.29) is 11.9 Å². The van der Waals surface area contributed by atoms with Crippen LogP contribution >= 0.6 is 0 Å². The van der Waals surface area contributed by atoms with Gasteiger partial charge in [-0.15, -0.1) is 0 Å². The summed E-state index contributed by atoms with van der Waals surface area (Å²) < 4.78 is 10.4. The Balaban J connectivity index is 2.16. The number of methoxy groups -OCH3 is 1. The molecule has 0 spiro atoms. The summed E-state index contributed by atoms with van der Waals surface area (Å²) in [5.41, 5.74) is 6.34. The van der Waals surface area contributed by atoms with Crippen LogP contribution in [0.25, 0.3) is 10.8 Å². The van der Waals surface area contributed by atoms with Crippen LogP contribution in [-0.4, -0.2) is 26.2 Å².